The van der Waals surface area contributed by atoms with Crippen molar-refractivity contribution >= 4 is 45.9 Å². The van der Waals surface area contributed by atoms with Crippen molar-refractivity contribution in [1.29, 1.82) is 5.26 Å². The lowest BCUT2D eigenvalue weighted by Gasteiger charge is -2.09. The van der Waals surface area contributed by atoms with Gasteiger partial charge in [-0.3, -0.25) is 0 Å². The molecule has 0 atom stereocenters. The van der Waals surface area contributed by atoms with Crippen LogP contribution in [-0.4, -0.2) is 9.55 Å². The zero-order chi connectivity index (χ0) is 19.5. The number of rotatable bonds is 4. The normalized spacial score (nSPS) is 11.5. The van der Waals surface area contributed by atoms with Crippen LogP contribution >= 0.6 is 23.2 Å². The second kappa shape index (κ2) is 7.90. The smallest absolute Gasteiger partial charge is 0.152 e. The number of para-hydroxylation sites is 2. The minimum Gasteiger partial charge on any atom is -0.319 e. The molecule has 0 N–H and O–H groups in total. The Hall–Kier alpha value is -3.06. The van der Waals surface area contributed by atoms with Crippen LogP contribution < -0.4 is 0 Å². The molecule has 0 unspecified atom stereocenters. The van der Waals surface area contributed by atoms with E-state index in [1.807, 2.05) is 66.7 Å². The molecule has 0 saturated heterocycles. The molecule has 3 aromatic carbocycles. The number of hydrogen-bond donors (Lipinski definition) is 0. The van der Waals surface area contributed by atoms with Crippen LogP contribution in [0.25, 0.3) is 22.7 Å². The van der Waals surface area contributed by atoms with Gasteiger partial charge in [-0.05, 0) is 53.6 Å². The van der Waals surface area contributed by atoms with E-state index in [1.54, 1.807) is 12.1 Å². The summed E-state index contributed by atoms with van der Waals surface area (Å²) < 4.78 is 2.06. The molecule has 3 nitrogen and oxygen atoms in total. The molecule has 1 heterocycles. The van der Waals surface area contributed by atoms with E-state index < -0.39 is 0 Å². The van der Waals surface area contributed by atoms with E-state index in [0.29, 0.717) is 28.0 Å². The van der Waals surface area contributed by atoms with Crippen LogP contribution in [0, 0.1) is 11.3 Å². The lowest BCUT2D eigenvalue weighted by Crippen LogP contribution is -2.04. The SMILES string of the molecule is N#C/C(=C\c1ccc(Cl)cc1)c1nc2ccccc2n1Cc1ccc(Cl)cc1. The quantitative estimate of drug-likeness (QED) is 0.367. The number of fused-ring (bicyclic) bond motifs is 1. The number of allylic oxidation sites excluding steroid dienone is 1. The van der Waals surface area contributed by atoms with Crippen molar-refractivity contribution in [3.63, 3.8) is 0 Å². The molecule has 0 fully saturated rings. The number of imidazole rings is 1. The van der Waals surface area contributed by atoms with E-state index in [-0.39, 0.29) is 0 Å². The molecule has 28 heavy (non-hydrogen) atoms. The first-order valence-electron chi connectivity index (χ1n) is 8.71. The number of aromatic nitrogens is 2. The summed E-state index contributed by atoms with van der Waals surface area (Å²) in [6.07, 6.45) is 1.83. The van der Waals surface area contributed by atoms with Crippen LogP contribution in [-0.2, 0) is 6.54 Å². The first-order valence-corrected chi connectivity index (χ1v) is 9.47. The molecular weight excluding hydrogens is 389 g/mol. The predicted molar refractivity (Wildman–Crippen MR) is 115 cm³/mol. The summed E-state index contributed by atoms with van der Waals surface area (Å²) in [6, 6.07) is 25.3. The van der Waals surface area contributed by atoms with Crippen LogP contribution in [0.4, 0.5) is 0 Å². The highest BCUT2D eigenvalue weighted by molar-refractivity contribution is 6.30. The van der Waals surface area contributed by atoms with Gasteiger partial charge < -0.3 is 4.57 Å². The molecule has 4 aromatic rings. The van der Waals surface area contributed by atoms with E-state index in [9.17, 15) is 5.26 Å². The summed E-state index contributed by atoms with van der Waals surface area (Å²) in [6.45, 7) is 0.590. The van der Waals surface area contributed by atoms with Crippen LogP contribution in [0.2, 0.25) is 10.0 Å². The molecule has 0 radical (unpaired) electrons. The van der Waals surface area contributed by atoms with Crippen molar-refractivity contribution in [1.82, 2.24) is 9.55 Å². The van der Waals surface area contributed by atoms with Crippen LogP contribution in [0.15, 0.2) is 72.8 Å². The van der Waals surface area contributed by atoms with Gasteiger partial charge in [0.2, 0.25) is 0 Å². The molecule has 0 saturated carbocycles. The zero-order valence-corrected chi connectivity index (χ0v) is 16.3. The van der Waals surface area contributed by atoms with Gasteiger partial charge >= 0.3 is 0 Å². The third kappa shape index (κ3) is 3.80. The minimum absolute atomic E-state index is 0.493. The second-order valence-corrected chi connectivity index (χ2v) is 7.23. The summed E-state index contributed by atoms with van der Waals surface area (Å²) in [5.74, 6) is 0.633. The fraction of sp³-hybridized carbons (Fsp3) is 0.0435. The summed E-state index contributed by atoms with van der Waals surface area (Å²) in [5, 5.41) is 11.2. The fourth-order valence-corrected chi connectivity index (χ4v) is 3.34. The molecule has 0 aliphatic rings. The maximum atomic E-state index is 9.83. The highest BCUT2D eigenvalue weighted by Gasteiger charge is 2.15. The maximum absolute atomic E-state index is 9.83. The molecule has 0 aliphatic heterocycles. The number of nitrogens with zero attached hydrogens (tertiary/aromatic N) is 3. The van der Waals surface area contributed by atoms with Gasteiger partial charge in [0, 0.05) is 16.6 Å². The molecule has 0 bridgehead atoms. The average Bonchev–Trinajstić information content (AvgIpc) is 3.07. The Morgan fingerprint density at radius 1 is 0.929 bits per heavy atom. The Morgan fingerprint density at radius 3 is 2.25 bits per heavy atom. The van der Waals surface area contributed by atoms with Crippen LogP contribution in [0.1, 0.15) is 17.0 Å². The van der Waals surface area contributed by atoms with Crippen molar-refractivity contribution in [2.75, 3.05) is 0 Å². The van der Waals surface area contributed by atoms with E-state index in [0.717, 1.165) is 22.2 Å². The van der Waals surface area contributed by atoms with Crippen LogP contribution in [0.3, 0.4) is 0 Å². The lowest BCUT2D eigenvalue weighted by atomic mass is 10.1. The second-order valence-electron chi connectivity index (χ2n) is 6.36. The monoisotopic (exact) mass is 403 g/mol. The largest absolute Gasteiger partial charge is 0.319 e. The zero-order valence-electron chi connectivity index (χ0n) is 14.8. The average molecular weight is 404 g/mol. The first kappa shape index (κ1) is 18.3. The third-order valence-electron chi connectivity index (χ3n) is 4.45. The Balaban J connectivity index is 1.84. The number of benzene rings is 3. The molecule has 0 spiro atoms. The summed E-state index contributed by atoms with van der Waals surface area (Å²) in [7, 11) is 0. The number of hydrogen-bond acceptors (Lipinski definition) is 2. The molecule has 4 rings (SSSR count). The Labute approximate surface area is 173 Å². The highest BCUT2D eigenvalue weighted by atomic mass is 35.5. The Morgan fingerprint density at radius 2 is 1.57 bits per heavy atom. The van der Waals surface area contributed by atoms with Crippen molar-refractivity contribution in [3.8, 4) is 6.07 Å². The fourth-order valence-electron chi connectivity index (χ4n) is 3.09. The Bertz CT molecular complexity index is 1200. The molecule has 136 valence electrons. The van der Waals surface area contributed by atoms with Crippen molar-refractivity contribution in [3.05, 3.63) is 99.8 Å². The predicted octanol–water partition coefficient (Wildman–Crippen LogP) is 6.46. The van der Waals surface area contributed by atoms with Gasteiger partial charge in [-0.15, -0.1) is 0 Å². The van der Waals surface area contributed by atoms with Crippen molar-refractivity contribution in [2.45, 2.75) is 6.54 Å². The minimum atomic E-state index is 0.493. The molecular formula is C23H15Cl2N3. The highest BCUT2D eigenvalue weighted by Crippen LogP contribution is 2.25. The number of halogens is 2. The van der Waals surface area contributed by atoms with Gasteiger partial charge in [0.1, 0.15) is 6.07 Å². The molecule has 5 heteroatoms. The Kier molecular flexibility index (Phi) is 5.16. The summed E-state index contributed by atoms with van der Waals surface area (Å²) >= 11 is 12.0. The summed E-state index contributed by atoms with van der Waals surface area (Å²) in [4.78, 5) is 4.73. The van der Waals surface area contributed by atoms with E-state index in [2.05, 4.69) is 10.6 Å². The van der Waals surface area contributed by atoms with Gasteiger partial charge in [-0.25, -0.2) is 4.98 Å². The van der Waals surface area contributed by atoms with Crippen molar-refractivity contribution < 1.29 is 0 Å². The van der Waals surface area contributed by atoms with Gasteiger partial charge in [-0.2, -0.15) is 5.26 Å². The van der Waals surface area contributed by atoms with Crippen molar-refractivity contribution in [2.24, 2.45) is 0 Å². The van der Waals surface area contributed by atoms with E-state index >= 15 is 0 Å². The third-order valence-corrected chi connectivity index (χ3v) is 4.95. The van der Waals surface area contributed by atoms with Gasteiger partial charge in [0.15, 0.2) is 5.82 Å². The van der Waals surface area contributed by atoms with Crippen LogP contribution in [0.5, 0.6) is 0 Å². The molecule has 0 aliphatic carbocycles. The van der Waals surface area contributed by atoms with E-state index in [1.165, 1.54) is 0 Å². The number of nitriles is 1. The van der Waals surface area contributed by atoms with Gasteiger partial charge in [0.05, 0.1) is 16.6 Å². The standard InChI is InChI=1S/C23H15Cl2N3/c24-19-9-5-16(6-10-19)13-18(14-26)23-27-21-3-1-2-4-22(21)28(23)15-17-7-11-20(25)12-8-17/h1-13H,15H2/b18-13+. The topological polar surface area (TPSA) is 41.6 Å². The van der Waals surface area contributed by atoms with E-state index in [4.69, 9.17) is 28.2 Å². The van der Waals surface area contributed by atoms with Gasteiger partial charge in [0.25, 0.3) is 0 Å². The summed E-state index contributed by atoms with van der Waals surface area (Å²) in [5.41, 5.74) is 4.30. The lowest BCUT2D eigenvalue weighted by molar-refractivity contribution is 0.811. The molecule has 0 amide bonds. The maximum Gasteiger partial charge on any atom is 0.152 e. The molecule has 1 aromatic heterocycles. The first-order chi connectivity index (χ1) is 13.6. The van der Waals surface area contributed by atoms with Gasteiger partial charge in [-0.1, -0.05) is 59.6 Å².